The minimum Gasteiger partial charge on any atom is -0.398 e. The maximum Gasteiger partial charge on any atom is 0.245 e. The highest BCUT2D eigenvalue weighted by atomic mass is 32.2. The van der Waals surface area contributed by atoms with Crippen molar-refractivity contribution < 1.29 is 17.5 Å². The van der Waals surface area contributed by atoms with Gasteiger partial charge in [-0.1, -0.05) is 6.07 Å². The van der Waals surface area contributed by atoms with Crippen LogP contribution in [0.1, 0.15) is 19.3 Å². The third-order valence-electron chi connectivity index (χ3n) is 3.33. The molecule has 2 rings (SSSR count). The van der Waals surface area contributed by atoms with Gasteiger partial charge in [0.05, 0.1) is 11.8 Å². The molecule has 2 unspecified atom stereocenters. The quantitative estimate of drug-likeness (QED) is 0.817. The standard InChI is InChI=1S/C12H17FN2O3S/c1-18-11-7-3-6-10(11)15-19(16,17)12-8(13)4-2-5-9(12)14/h2,4-5,10-11,15H,3,6-7,14H2,1H3. The minimum atomic E-state index is -3.98. The van der Waals surface area contributed by atoms with E-state index in [0.29, 0.717) is 6.42 Å². The topological polar surface area (TPSA) is 81.4 Å². The van der Waals surface area contributed by atoms with E-state index in [1.807, 2.05) is 0 Å². The number of benzene rings is 1. The molecule has 19 heavy (non-hydrogen) atoms. The van der Waals surface area contributed by atoms with Crippen LogP contribution in [0.4, 0.5) is 10.1 Å². The van der Waals surface area contributed by atoms with Crippen LogP contribution in [-0.2, 0) is 14.8 Å². The fourth-order valence-electron chi connectivity index (χ4n) is 2.41. The third kappa shape index (κ3) is 2.88. The second kappa shape index (κ2) is 5.44. The van der Waals surface area contributed by atoms with Crippen LogP contribution in [0.5, 0.6) is 0 Å². The van der Waals surface area contributed by atoms with Gasteiger partial charge in [-0.3, -0.25) is 0 Å². The van der Waals surface area contributed by atoms with Crippen LogP contribution in [-0.4, -0.2) is 27.7 Å². The molecule has 7 heteroatoms. The molecular formula is C12H17FN2O3S. The summed E-state index contributed by atoms with van der Waals surface area (Å²) in [6, 6.07) is 3.47. The maximum atomic E-state index is 13.7. The maximum absolute atomic E-state index is 13.7. The first-order valence-corrected chi connectivity index (χ1v) is 7.53. The van der Waals surface area contributed by atoms with Gasteiger partial charge in [-0.15, -0.1) is 0 Å². The van der Waals surface area contributed by atoms with Crippen molar-refractivity contribution in [2.45, 2.75) is 36.3 Å². The molecule has 0 spiro atoms. The first-order chi connectivity index (χ1) is 8.95. The third-order valence-corrected chi connectivity index (χ3v) is 4.91. The number of anilines is 1. The molecule has 0 aliphatic heterocycles. The van der Waals surface area contributed by atoms with Gasteiger partial charge >= 0.3 is 0 Å². The fourth-order valence-corrected chi connectivity index (χ4v) is 3.90. The number of methoxy groups -OCH3 is 1. The van der Waals surface area contributed by atoms with Crippen LogP contribution in [0, 0.1) is 5.82 Å². The van der Waals surface area contributed by atoms with E-state index < -0.39 is 20.7 Å². The Kier molecular flexibility index (Phi) is 4.07. The van der Waals surface area contributed by atoms with Crippen molar-refractivity contribution in [3.63, 3.8) is 0 Å². The van der Waals surface area contributed by atoms with Crippen LogP contribution >= 0.6 is 0 Å². The highest BCUT2D eigenvalue weighted by Gasteiger charge is 2.33. The molecule has 0 amide bonds. The Labute approximate surface area is 112 Å². The van der Waals surface area contributed by atoms with Crippen molar-refractivity contribution in [1.29, 1.82) is 0 Å². The molecular weight excluding hydrogens is 271 g/mol. The summed E-state index contributed by atoms with van der Waals surface area (Å²) < 4.78 is 45.8. The molecule has 0 saturated heterocycles. The summed E-state index contributed by atoms with van der Waals surface area (Å²) in [4.78, 5) is -0.489. The Morgan fingerprint density at radius 2 is 2.16 bits per heavy atom. The van der Waals surface area contributed by atoms with Crippen LogP contribution in [0.25, 0.3) is 0 Å². The largest absolute Gasteiger partial charge is 0.398 e. The molecule has 1 saturated carbocycles. The first-order valence-electron chi connectivity index (χ1n) is 6.05. The molecule has 0 radical (unpaired) electrons. The van der Waals surface area contributed by atoms with E-state index in [-0.39, 0.29) is 17.8 Å². The van der Waals surface area contributed by atoms with Gasteiger partial charge in [-0.2, -0.15) is 0 Å². The van der Waals surface area contributed by atoms with E-state index in [4.69, 9.17) is 10.5 Å². The fraction of sp³-hybridized carbons (Fsp3) is 0.500. The van der Waals surface area contributed by atoms with Crippen LogP contribution in [0.3, 0.4) is 0 Å². The highest BCUT2D eigenvalue weighted by Crippen LogP contribution is 2.26. The van der Waals surface area contributed by atoms with E-state index >= 15 is 0 Å². The summed E-state index contributed by atoms with van der Waals surface area (Å²) >= 11 is 0. The van der Waals surface area contributed by atoms with Gasteiger partial charge in [0.2, 0.25) is 10.0 Å². The van der Waals surface area contributed by atoms with E-state index in [1.54, 1.807) is 0 Å². The average molecular weight is 288 g/mol. The zero-order chi connectivity index (χ0) is 14.0. The number of hydrogen-bond acceptors (Lipinski definition) is 4. The molecule has 3 N–H and O–H groups in total. The number of nitrogen functional groups attached to an aromatic ring is 1. The Morgan fingerprint density at radius 1 is 1.42 bits per heavy atom. The highest BCUT2D eigenvalue weighted by molar-refractivity contribution is 7.89. The van der Waals surface area contributed by atoms with Crippen molar-refractivity contribution >= 4 is 15.7 Å². The monoisotopic (exact) mass is 288 g/mol. The normalized spacial score (nSPS) is 23.7. The second-order valence-corrected chi connectivity index (χ2v) is 6.24. The summed E-state index contributed by atoms with van der Waals surface area (Å²) in [6.07, 6.45) is 2.16. The van der Waals surface area contributed by atoms with E-state index in [0.717, 1.165) is 18.9 Å². The molecule has 0 bridgehead atoms. The van der Waals surface area contributed by atoms with Crippen molar-refractivity contribution in [3.05, 3.63) is 24.0 Å². The molecule has 5 nitrogen and oxygen atoms in total. The molecule has 0 heterocycles. The molecule has 1 aliphatic rings. The van der Waals surface area contributed by atoms with E-state index in [9.17, 15) is 12.8 Å². The lowest BCUT2D eigenvalue weighted by Crippen LogP contribution is -2.41. The lowest BCUT2D eigenvalue weighted by atomic mass is 10.2. The second-order valence-electron chi connectivity index (χ2n) is 4.59. The van der Waals surface area contributed by atoms with Crippen LogP contribution < -0.4 is 10.5 Å². The lowest BCUT2D eigenvalue weighted by molar-refractivity contribution is 0.0916. The zero-order valence-corrected chi connectivity index (χ0v) is 11.4. The Morgan fingerprint density at radius 3 is 2.79 bits per heavy atom. The van der Waals surface area contributed by atoms with Crippen molar-refractivity contribution in [2.75, 3.05) is 12.8 Å². The summed E-state index contributed by atoms with van der Waals surface area (Å²) in [5.41, 5.74) is 5.46. The average Bonchev–Trinajstić information content (AvgIpc) is 2.74. The molecule has 1 aromatic rings. The summed E-state index contributed by atoms with van der Waals surface area (Å²) in [5, 5.41) is 0. The predicted octanol–water partition coefficient (Wildman–Crippen LogP) is 1.25. The van der Waals surface area contributed by atoms with Gasteiger partial charge in [-0.05, 0) is 31.4 Å². The van der Waals surface area contributed by atoms with Crippen molar-refractivity contribution in [1.82, 2.24) is 4.72 Å². The number of rotatable bonds is 4. The van der Waals surface area contributed by atoms with Crippen molar-refractivity contribution in [2.24, 2.45) is 0 Å². The summed E-state index contributed by atoms with van der Waals surface area (Å²) in [6.45, 7) is 0. The summed E-state index contributed by atoms with van der Waals surface area (Å²) in [7, 11) is -2.44. The van der Waals surface area contributed by atoms with Crippen LogP contribution in [0.2, 0.25) is 0 Å². The molecule has 2 atom stereocenters. The molecule has 1 fully saturated rings. The van der Waals surface area contributed by atoms with Crippen molar-refractivity contribution in [3.8, 4) is 0 Å². The smallest absolute Gasteiger partial charge is 0.245 e. The molecule has 106 valence electrons. The number of sulfonamides is 1. The number of nitrogens with one attached hydrogen (secondary N) is 1. The summed E-state index contributed by atoms with van der Waals surface area (Å²) in [5.74, 6) is -0.848. The Hall–Kier alpha value is -1.18. The van der Waals surface area contributed by atoms with Crippen LogP contribution in [0.15, 0.2) is 23.1 Å². The van der Waals surface area contributed by atoms with Gasteiger partial charge in [0.25, 0.3) is 0 Å². The first kappa shape index (κ1) is 14.2. The number of hydrogen-bond donors (Lipinski definition) is 2. The Balaban J connectivity index is 2.28. The number of ether oxygens (including phenoxy) is 1. The van der Waals surface area contributed by atoms with E-state index in [1.165, 1.54) is 19.2 Å². The predicted molar refractivity (Wildman–Crippen MR) is 69.6 cm³/mol. The molecule has 1 aromatic carbocycles. The minimum absolute atomic E-state index is 0.0977. The number of halogens is 1. The molecule has 1 aliphatic carbocycles. The van der Waals surface area contributed by atoms with Gasteiger partial charge < -0.3 is 10.5 Å². The Bertz CT molecular complexity index is 542. The zero-order valence-electron chi connectivity index (χ0n) is 10.6. The van der Waals surface area contributed by atoms with E-state index in [2.05, 4.69) is 4.72 Å². The van der Waals surface area contributed by atoms with Gasteiger partial charge in [0.1, 0.15) is 10.7 Å². The SMILES string of the molecule is COC1CCCC1NS(=O)(=O)c1c(N)cccc1F. The van der Waals surface area contributed by atoms with Gasteiger partial charge in [0.15, 0.2) is 0 Å². The van der Waals surface area contributed by atoms with Gasteiger partial charge in [-0.25, -0.2) is 17.5 Å². The molecule has 0 aromatic heterocycles. The number of nitrogens with two attached hydrogens (primary N) is 1. The lowest BCUT2D eigenvalue weighted by Gasteiger charge is -2.20. The van der Waals surface area contributed by atoms with Gasteiger partial charge in [0, 0.05) is 13.2 Å².